The molecular formula is C66H120O4. The zero-order chi connectivity index (χ0) is 50.5. The van der Waals surface area contributed by atoms with Crippen LogP contribution in [0, 0.1) is 23.7 Å². The second kappa shape index (κ2) is 53.5. The van der Waals surface area contributed by atoms with Crippen molar-refractivity contribution in [3.63, 3.8) is 0 Å². The number of carbonyl (C=O) groups excluding carboxylic acids is 2. The summed E-state index contributed by atoms with van der Waals surface area (Å²) in [7, 11) is 0. The number of ketones is 2. The van der Waals surface area contributed by atoms with E-state index in [-0.39, 0.29) is 0 Å². The highest BCUT2D eigenvalue weighted by atomic mass is 16.3. The maximum atomic E-state index is 11.6. The average Bonchev–Trinajstić information content (AvgIpc) is 3.40. The van der Waals surface area contributed by atoms with Gasteiger partial charge in [0.15, 0.2) is 0 Å². The third kappa shape index (κ3) is 46.0. The lowest BCUT2D eigenvalue weighted by molar-refractivity contribution is -0.122. The Labute approximate surface area is 437 Å². The van der Waals surface area contributed by atoms with E-state index in [1.54, 1.807) is 13.8 Å². The van der Waals surface area contributed by atoms with E-state index in [9.17, 15) is 19.8 Å². The molecule has 4 aliphatic rings. The van der Waals surface area contributed by atoms with Gasteiger partial charge < -0.3 is 10.2 Å². The van der Waals surface area contributed by atoms with Crippen LogP contribution in [0.15, 0.2) is 48.6 Å². The number of aliphatic hydroxyl groups is 2. The van der Waals surface area contributed by atoms with E-state index in [0.29, 0.717) is 48.5 Å². The summed E-state index contributed by atoms with van der Waals surface area (Å²) in [6, 6.07) is 0. The Hall–Kier alpha value is -1.78. The van der Waals surface area contributed by atoms with Crippen LogP contribution in [0.4, 0.5) is 0 Å². The van der Waals surface area contributed by atoms with E-state index >= 15 is 0 Å². The van der Waals surface area contributed by atoms with Gasteiger partial charge in [-0.1, -0.05) is 203 Å². The molecule has 4 aliphatic carbocycles. The third-order valence-electron chi connectivity index (χ3n) is 16.0. The number of hydrogen-bond donors (Lipinski definition) is 2. The first-order valence-electron chi connectivity index (χ1n) is 31.3. The molecule has 2 unspecified atom stereocenters. The summed E-state index contributed by atoms with van der Waals surface area (Å²) in [6.45, 7) is 4.37. The lowest BCUT2D eigenvalue weighted by atomic mass is 9.91. The van der Waals surface area contributed by atoms with Crippen LogP contribution in [0.3, 0.4) is 0 Å². The molecule has 4 rings (SSSR count). The fraction of sp³-hybridized carbons (Fsp3) is 0.848. The van der Waals surface area contributed by atoms with E-state index in [1.165, 1.54) is 283 Å². The molecule has 0 radical (unpaired) electrons. The molecule has 4 nitrogen and oxygen atoms in total. The zero-order valence-electron chi connectivity index (χ0n) is 47.0. The molecule has 0 aliphatic heterocycles. The molecule has 0 spiro atoms. The second-order valence-electron chi connectivity index (χ2n) is 22.5. The van der Waals surface area contributed by atoms with Gasteiger partial charge in [0.2, 0.25) is 0 Å². The molecule has 2 N–H and O–H groups in total. The summed E-state index contributed by atoms with van der Waals surface area (Å²) in [5.41, 5.74) is 0. The Bertz CT molecular complexity index is 1190. The van der Waals surface area contributed by atoms with Crippen molar-refractivity contribution in [1.29, 1.82) is 0 Å². The highest BCUT2D eigenvalue weighted by Gasteiger charge is 2.15. The van der Waals surface area contributed by atoms with Gasteiger partial charge in [0.25, 0.3) is 0 Å². The highest BCUT2D eigenvalue weighted by Crippen LogP contribution is 2.24. The molecule has 0 saturated heterocycles. The fourth-order valence-corrected chi connectivity index (χ4v) is 10.9. The van der Waals surface area contributed by atoms with Gasteiger partial charge in [-0.3, -0.25) is 9.59 Å². The number of rotatable bonds is 4. The number of allylic oxidation sites excluding steroid dienone is 8. The number of Topliss-reactive ketones (excluding diaryl/α,β-unsaturated/α-hetero) is 2. The Morgan fingerprint density at radius 3 is 0.614 bits per heavy atom. The summed E-state index contributed by atoms with van der Waals surface area (Å²) >= 11 is 0. The third-order valence-corrected chi connectivity index (χ3v) is 16.0. The van der Waals surface area contributed by atoms with Crippen molar-refractivity contribution < 1.29 is 19.8 Å². The van der Waals surface area contributed by atoms with Crippen molar-refractivity contribution >= 4 is 11.6 Å². The number of carbonyl (C=O) groups is 2. The summed E-state index contributed by atoms with van der Waals surface area (Å²) in [5, 5.41) is 18.7. The first-order valence-corrected chi connectivity index (χ1v) is 31.3. The number of aliphatic hydroxyl groups excluding tert-OH is 2. The lowest BCUT2D eigenvalue weighted by Crippen LogP contribution is -2.10. The van der Waals surface area contributed by atoms with Gasteiger partial charge in [0.05, 0.1) is 0 Å². The molecule has 0 fully saturated rings. The van der Waals surface area contributed by atoms with Crippen LogP contribution in [0.1, 0.15) is 322 Å². The van der Waals surface area contributed by atoms with E-state index < -0.39 is 0 Å². The summed E-state index contributed by atoms with van der Waals surface area (Å²) < 4.78 is 0. The number of hydrogen-bond acceptors (Lipinski definition) is 4. The van der Waals surface area contributed by atoms with Crippen molar-refractivity contribution in [3.05, 3.63) is 48.6 Å². The van der Waals surface area contributed by atoms with Crippen LogP contribution in [0.25, 0.3) is 0 Å². The zero-order valence-corrected chi connectivity index (χ0v) is 47.0. The lowest BCUT2D eigenvalue weighted by Gasteiger charge is -2.13. The SMILES string of the molecule is CC(=O)C1CCCCCC=CCCCCCCC1.CC(=O)C1CCCCCCC=CCCCCCC1.OCC1CCCCCC=CCCCCCCC1.OCC1CCCCCCC=CCCCCCC1. The van der Waals surface area contributed by atoms with Gasteiger partial charge in [-0.25, -0.2) is 0 Å². The van der Waals surface area contributed by atoms with Crippen molar-refractivity contribution in [2.75, 3.05) is 13.2 Å². The maximum absolute atomic E-state index is 11.6. The van der Waals surface area contributed by atoms with Crippen LogP contribution >= 0.6 is 0 Å². The summed E-state index contributed by atoms with van der Waals surface area (Å²) in [4.78, 5) is 23.2. The van der Waals surface area contributed by atoms with E-state index in [0.717, 1.165) is 25.7 Å². The largest absolute Gasteiger partial charge is 0.396 e. The topological polar surface area (TPSA) is 74.6 Å². The second-order valence-corrected chi connectivity index (χ2v) is 22.5. The van der Waals surface area contributed by atoms with Gasteiger partial charge in [0.1, 0.15) is 11.6 Å². The quantitative estimate of drug-likeness (QED) is 0.275. The van der Waals surface area contributed by atoms with Crippen LogP contribution in [-0.4, -0.2) is 35.0 Å². The van der Waals surface area contributed by atoms with Crippen molar-refractivity contribution in [2.45, 2.75) is 322 Å². The monoisotopic (exact) mass is 977 g/mol. The molecule has 0 heterocycles. The first-order chi connectivity index (χ1) is 34.5. The molecule has 0 aromatic rings. The smallest absolute Gasteiger partial charge is 0.132 e. The molecule has 0 amide bonds. The Morgan fingerprint density at radius 1 is 0.271 bits per heavy atom. The van der Waals surface area contributed by atoms with E-state index in [2.05, 4.69) is 48.6 Å². The molecule has 0 aromatic heterocycles. The van der Waals surface area contributed by atoms with Gasteiger partial charge in [0, 0.05) is 25.0 Å². The van der Waals surface area contributed by atoms with E-state index in [4.69, 9.17) is 0 Å². The molecule has 0 aromatic carbocycles. The highest BCUT2D eigenvalue weighted by molar-refractivity contribution is 5.78. The van der Waals surface area contributed by atoms with Gasteiger partial charge in [-0.05, 0) is 180 Å². The van der Waals surface area contributed by atoms with Crippen molar-refractivity contribution in [2.24, 2.45) is 23.7 Å². The molecule has 0 bridgehead atoms. The van der Waals surface area contributed by atoms with Crippen molar-refractivity contribution in [1.82, 2.24) is 0 Å². The summed E-state index contributed by atoms with van der Waals surface area (Å²) in [6.07, 6.45) is 80.8. The Balaban J connectivity index is 0.000000467. The average molecular weight is 978 g/mol. The normalized spacial score (nSPS) is 24.0. The molecule has 408 valence electrons. The van der Waals surface area contributed by atoms with E-state index in [1.807, 2.05) is 0 Å². The van der Waals surface area contributed by atoms with Crippen LogP contribution in [0.2, 0.25) is 0 Å². The fourth-order valence-electron chi connectivity index (χ4n) is 10.9. The minimum atomic E-state index is 0.352. The van der Waals surface area contributed by atoms with Crippen molar-refractivity contribution in [3.8, 4) is 0 Å². The van der Waals surface area contributed by atoms with Gasteiger partial charge in [-0.2, -0.15) is 0 Å². The Kier molecular flexibility index (Phi) is 50.6. The van der Waals surface area contributed by atoms with Crippen LogP contribution < -0.4 is 0 Å². The van der Waals surface area contributed by atoms with Gasteiger partial charge >= 0.3 is 0 Å². The summed E-state index contributed by atoms with van der Waals surface area (Å²) in [5.74, 6) is 2.70. The maximum Gasteiger partial charge on any atom is 0.132 e. The molecule has 70 heavy (non-hydrogen) atoms. The Morgan fingerprint density at radius 2 is 0.429 bits per heavy atom. The minimum Gasteiger partial charge on any atom is -0.396 e. The van der Waals surface area contributed by atoms with Gasteiger partial charge in [-0.15, -0.1) is 0 Å². The standard InChI is InChI=1S/2C17H30O.2C16H30O/c2*1-16(18)17-14-12-10-8-6-4-2-3-5-7-9-11-13-15-17;2*17-15-16-13-11-9-7-5-3-1-2-4-6-8-10-12-14-16/h2,4,17H,3,5-15H2,1H3;2-3,17H,4-15H2,1H3;1,3,16-17H,2,4-15H2;1-2,16-17H,3-15H2. The first kappa shape index (κ1) is 66.2. The predicted octanol–water partition coefficient (Wildman–Crippen LogP) is 20.6. The predicted molar refractivity (Wildman–Crippen MR) is 308 cm³/mol. The molecular weight excluding hydrogens is 857 g/mol. The molecule has 2 atom stereocenters. The van der Waals surface area contributed by atoms with Crippen LogP contribution in [0.5, 0.6) is 0 Å². The molecule has 0 saturated carbocycles. The molecule has 4 heteroatoms. The van der Waals surface area contributed by atoms with Crippen LogP contribution in [-0.2, 0) is 9.59 Å². The minimum absolute atomic E-state index is 0.352.